The SMILES string of the molecule is O=C(O)c1ccc(C(=O)Nc2ccccc2)c(C(=O)O)c1C(=O)O. The molecule has 1 amide bonds. The quantitative estimate of drug-likeness (QED) is 0.657. The fourth-order valence-electron chi connectivity index (χ4n) is 2.13. The number of carbonyl (C=O) groups excluding carboxylic acids is 1. The number of carbonyl (C=O) groups is 4. The third-order valence-corrected chi connectivity index (χ3v) is 3.14. The maximum atomic E-state index is 12.3. The lowest BCUT2D eigenvalue weighted by Gasteiger charge is -2.12. The van der Waals surface area contributed by atoms with Crippen molar-refractivity contribution in [2.45, 2.75) is 0 Å². The summed E-state index contributed by atoms with van der Waals surface area (Å²) in [5.74, 6) is -5.93. The zero-order valence-electron chi connectivity index (χ0n) is 12.0. The van der Waals surface area contributed by atoms with Crippen molar-refractivity contribution in [1.82, 2.24) is 0 Å². The molecule has 0 aromatic heterocycles. The van der Waals surface area contributed by atoms with E-state index in [0.717, 1.165) is 12.1 Å². The summed E-state index contributed by atoms with van der Waals surface area (Å²) in [6, 6.07) is 9.97. The molecule has 4 N–H and O–H groups in total. The van der Waals surface area contributed by atoms with E-state index < -0.39 is 46.1 Å². The van der Waals surface area contributed by atoms with Crippen molar-refractivity contribution in [1.29, 1.82) is 0 Å². The molecule has 0 spiro atoms. The van der Waals surface area contributed by atoms with Crippen LogP contribution in [0.3, 0.4) is 0 Å². The van der Waals surface area contributed by atoms with Gasteiger partial charge in [0.05, 0.1) is 22.3 Å². The van der Waals surface area contributed by atoms with E-state index in [0.29, 0.717) is 5.69 Å². The molecule has 2 aromatic rings. The minimum atomic E-state index is -1.75. The molecule has 0 aliphatic rings. The second-order valence-corrected chi connectivity index (χ2v) is 4.65. The highest BCUT2D eigenvalue weighted by atomic mass is 16.4. The van der Waals surface area contributed by atoms with Gasteiger partial charge in [0, 0.05) is 5.69 Å². The fourth-order valence-corrected chi connectivity index (χ4v) is 2.13. The fraction of sp³-hybridized carbons (Fsp3) is 0. The summed E-state index contributed by atoms with van der Waals surface area (Å²) in [5, 5.41) is 29.9. The number of para-hydroxylation sites is 1. The third kappa shape index (κ3) is 3.22. The van der Waals surface area contributed by atoms with Gasteiger partial charge in [-0.2, -0.15) is 0 Å². The lowest BCUT2D eigenvalue weighted by atomic mass is 9.95. The molecule has 0 heterocycles. The van der Waals surface area contributed by atoms with Gasteiger partial charge in [0.2, 0.25) is 0 Å². The second kappa shape index (κ2) is 6.61. The topological polar surface area (TPSA) is 141 Å². The van der Waals surface area contributed by atoms with E-state index >= 15 is 0 Å². The molecule has 8 heteroatoms. The van der Waals surface area contributed by atoms with Crippen molar-refractivity contribution in [3.8, 4) is 0 Å². The van der Waals surface area contributed by atoms with Gasteiger partial charge in [-0.1, -0.05) is 18.2 Å². The van der Waals surface area contributed by atoms with E-state index in [9.17, 15) is 29.4 Å². The largest absolute Gasteiger partial charge is 0.478 e. The average molecular weight is 329 g/mol. The van der Waals surface area contributed by atoms with Crippen LogP contribution in [0.4, 0.5) is 5.69 Å². The van der Waals surface area contributed by atoms with Gasteiger partial charge in [-0.25, -0.2) is 14.4 Å². The summed E-state index contributed by atoms with van der Waals surface area (Å²) in [5.41, 5.74) is -2.62. The molecule has 2 rings (SSSR count). The van der Waals surface area contributed by atoms with Crippen LogP contribution in [0.15, 0.2) is 42.5 Å². The van der Waals surface area contributed by atoms with Crippen LogP contribution in [0.25, 0.3) is 0 Å². The van der Waals surface area contributed by atoms with Crippen LogP contribution in [0.2, 0.25) is 0 Å². The number of nitrogens with one attached hydrogen (secondary N) is 1. The molecule has 0 radical (unpaired) electrons. The maximum absolute atomic E-state index is 12.3. The van der Waals surface area contributed by atoms with Gasteiger partial charge in [0.25, 0.3) is 5.91 Å². The smallest absolute Gasteiger partial charge is 0.337 e. The first kappa shape index (κ1) is 16.7. The minimum Gasteiger partial charge on any atom is -0.478 e. The van der Waals surface area contributed by atoms with Crippen LogP contribution in [0.1, 0.15) is 41.4 Å². The number of hydrogen-bond donors (Lipinski definition) is 4. The predicted molar refractivity (Wildman–Crippen MR) is 81.7 cm³/mol. The summed E-state index contributed by atoms with van der Waals surface area (Å²) in [6.45, 7) is 0. The average Bonchev–Trinajstić information content (AvgIpc) is 2.53. The first-order valence-electron chi connectivity index (χ1n) is 6.56. The number of benzene rings is 2. The summed E-state index contributed by atoms with van der Waals surface area (Å²) >= 11 is 0. The summed E-state index contributed by atoms with van der Waals surface area (Å²) < 4.78 is 0. The Morgan fingerprint density at radius 3 is 1.67 bits per heavy atom. The monoisotopic (exact) mass is 329 g/mol. The molecule has 0 saturated carbocycles. The predicted octanol–water partition coefficient (Wildman–Crippen LogP) is 2.03. The molecule has 0 fully saturated rings. The Balaban J connectivity index is 2.60. The number of carboxylic acids is 3. The Hall–Kier alpha value is -3.68. The zero-order valence-corrected chi connectivity index (χ0v) is 12.0. The van der Waals surface area contributed by atoms with E-state index in [1.807, 2.05) is 0 Å². The van der Waals surface area contributed by atoms with Crippen molar-refractivity contribution in [2.24, 2.45) is 0 Å². The standard InChI is InChI=1S/C16H11NO7/c18-13(17-8-4-2-1-3-5-8)9-6-7-10(14(19)20)12(16(23)24)11(9)15(21)22/h1-7H,(H,17,18)(H,19,20)(H,21,22)(H,23,24). The Kier molecular flexibility index (Phi) is 4.60. The summed E-state index contributed by atoms with van der Waals surface area (Å²) in [7, 11) is 0. The molecule has 2 aromatic carbocycles. The van der Waals surface area contributed by atoms with Gasteiger partial charge in [0.15, 0.2) is 0 Å². The summed E-state index contributed by atoms with van der Waals surface area (Å²) in [4.78, 5) is 46.2. The van der Waals surface area contributed by atoms with E-state index in [1.165, 1.54) is 0 Å². The van der Waals surface area contributed by atoms with E-state index in [1.54, 1.807) is 30.3 Å². The van der Waals surface area contributed by atoms with Crippen LogP contribution < -0.4 is 5.32 Å². The first-order chi connectivity index (χ1) is 11.3. The number of aromatic carboxylic acids is 3. The molecular formula is C16H11NO7. The van der Waals surface area contributed by atoms with Crippen molar-refractivity contribution in [3.05, 3.63) is 64.7 Å². The Morgan fingerprint density at radius 1 is 0.667 bits per heavy atom. The lowest BCUT2D eigenvalue weighted by Crippen LogP contribution is -2.22. The molecule has 8 nitrogen and oxygen atoms in total. The van der Waals surface area contributed by atoms with Gasteiger partial charge in [-0.15, -0.1) is 0 Å². The molecule has 0 bridgehead atoms. The van der Waals surface area contributed by atoms with Crippen LogP contribution in [-0.4, -0.2) is 39.1 Å². The van der Waals surface area contributed by atoms with Crippen LogP contribution in [-0.2, 0) is 0 Å². The van der Waals surface area contributed by atoms with Crippen molar-refractivity contribution in [2.75, 3.05) is 5.32 Å². The maximum Gasteiger partial charge on any atom is 0.337 e. The molecule has 0 aliphatic heterocycles. The number of hydrogen-bond acceptors (Lipinski definition) is 4. The van der Waals surface area contributed by atoms with Crippen molar-refractivity contribution >= 4 is 29.5 Å². The molecule has 0 saturated heterocycles. The van der Waals surface area contributed by atoms with Gasteiger partial charge in [-0.3, -0.25) is 4.79 Å². The normalized spacial score (nSPS) is 10.0. The lowest BCUT2D eigenvalue weighted by molar-refractivity contribution is 0.0631. The molecule has 0 aliphatic carbocycles. The molecule has 0 unspecified atom stereocenters. The molecule has 122 valence electrons. The molecule has 24 heavy (non-hydrogen) atoms. The van der Waals surface area contributed by atoms with E-state index in [-0.39, 0.29) is 0 Å². The van der Waals surface area contributed by atoms with Gasteiger partial charge < -0.3 is 20.6 Å². The summed E-state index contributed by atoms with van der Waals surface area (Å²) in [6.07, 6.45) is 0. The number of amides is 1. The van der Waals surface area contributed by atoms with Gasteiger partial charge in [0.1, 0.15) is 0 Å². The Labute approximate surface area is 135 Å². The highest BCUT2D eigenvalue weighted by molar-refractivity contribution is 6.17. The number of anilines is 1. The number of carboxylic acid groups (broad SMARTS) is 3. The van der Waals surface area contributed by atoms with Crippen LogP contribution >= 0.6 is 0 Å². The molecule has 0 atom stereocenters. The minimum absolute atomic E-state index is 0.373. The highest BCUT2D eigenvalue weighted by Crippen LogP contribution is 2.22. The third-order valence-electron chi connectivity index (χ3n) is 3.14. The van der Waals surface area contributed by atoms with Crippen molar-refractivity contribution in [3.63, 3.8) is 0 Å². The first-order valence-corrected chi connectivity index (χ1v) is 6.56. The van der Waals surface area contributed by atoms with Gasteiger partial charge >= 0.3 is 17.9 Å². The second-order valence-electron chi connectivity index (χ2n) is 4.65. The Bertz CT molecular complexity index is 843. The van der Waals surface area contributed by atoms with Crippen LogP contribution in [0.5, 0.6) is 0 Å². The zero-order chi connectivity index (χ0) is 17.9. The van der Waals surface area contributed by atoms with Crippen molar-refractivity contribution < 1.29 is 34.5 Å². The van der Waals surface area contributed by atoms with Crippen LogP contribution in [0, 0.1) is 0 Å². The highest BCUT2D eigenvalue weighted by Gasteiger charge is 2.29. The van der Waals surface area contributed by atoms with Gasteiger partial charge in [-0.05, 0) is 24.3 Å². The Morgan fingerprint density at radius 2 is 1.17 bits per heavy atom. The van der Waals surface area contributed by atoms with E-state index in [4.69, 9.17) is 5.11 Å². The number of rotatable bonds is 5. The molecular weight excluding hydrogens is 318 g/mol. The van der Waals surface area contributed by atoms with E-state index in [2.05, 4.69) is 5.32 Å².